The number of hydrogen-bond acceptors (Lipinski definition) is 3. The molecule has 0 amide bonds. The van der Waals surface area contributed by atoms with Crippen molar-refractivity contribution in [1.82, 2.24) is 0 Å². The normalized spacial score (nSPS) is 16.1. The Hall–Kier alpha value is -0.120. The number of hydrogen-bond donors (Lipinski definition) is 1. The van der Waals surface area contributed by atoms with E-state index in [4.69, 9.17) is 14.6 Å². The summed E-state index contributed by atoms with van der Waals surface area (Å²) in [7, 11) is 0. The van der Waals surface area contributed by atoms with Gasteiger partial charge >= 0.3 is 0 Å². The van der Waals surface area contributed by atoms with Crippen molar-refractivity contribution in [1.29, 1.82) is 0 Å². The lowest BCUT2D eigenvalue weighted by Crippen LogP contribution is -2.32. The van der Waals surface area contributed by atoms with Gasteiger partial charge in [0, 0.05) is 0 Å². The fourth-order valence-corrected chi connectivity index (χ4v) is 1.74. The molecule has 3 nitrogen and oxygen atoms in total. The van der Waals surface area contributed by atoms with Crippen LogP contribution in [0, 0.1) is 11.8 Å². The highest BCUT2D eigenvalue weighted by atomic mass is 16.5. The quantitative estimate of drug-likeness (QED) is 0.698. The lowest BCUT2D eigenvalue weighted by Gasteiger charge is -2.29. The molecule has 0 radical (unpaired) electrons. The largest absolute Gasteiger partial charge is 0.394 e. The molecule has 0 bridgehead atoms. The third-order valence-electron chi connectivity index (χ3n) is 2.58. The van der Waals surface area contributed by atoms with Crippen molar-refractivity contribution >= 4 is 0 Å². The molecule has 0 aliphatic heterocycles. The van der Waals surface area contributed by atoms with Gasteiger partial charge in [-0.25, -0.2) is 0 Å². The van der Waals surface area contributed by atoms with Crippen molar-refractivity contribution in [3.8, 4) is 0 Å². The first-order chi connectivity index (χ1) is 7.38. The summed E-state index contributed by atoms with van der Waals surface area (Å²) in [6.45, 7) is 13.2. The van der Waals surface area contributed by atoms with E-state index in [-0.39, 0.29) is 24.9 Å². The Morgan fingerprint density at radius 1 is 0.875 bits per heavy atom. The van der Waals surface area contributed by atoms with E-state index in [1.165, 1.54) is 0 Å². The lowest BCUT2D eigenvalue weighted by atomic mass is 9.96. The number of aliphatic hydroxyl groups excluding tert-OH is 1. The van der Waals surface area contributed by atoms with Crippen LogP contribution in [0.25, 0.3) is 0 Å². The first-order valence-corrected chi connectivity index (χ1v) is 6.26. The molecule has 98 valence electrons. The fourth-order valence-electron chi connectivity index (χ4n) is 1.74. The standard InChI is InChI=1S/C13H28O3/c1-9(2)13(10(3)4)16-12(6)8-15-11(5)7-14/h9-14H,7-8H2,1-6H3. The third-order valence-corrected chi connectivity index (χ3v) is 2.58. The molecule has 16 heavy (non-hydrogen) atoms. The molecule has 0 saturated carbocycles. The minimum atomic E-state index is -0.109. The van der Waals surface area contributed by atoms with Crippen molar-refractivity contribution in [3.05, 3.63) is 0 Å². The average molecular weight is 232 g/mol. The van der Waals surface area contributed by atoms with Gasteiger partial charge in [-0.15, -0.1) is 0 Å². The SMILES string of the molecule is CC(CO)OCC(C)OC(C(C)C)C(C)C. The van der Waals surface area contributed by atoms with Crippen molar-refractivity contribution < 1.29 is 14.6 Å². The number of rotatable bonds is 8. The smallest absolute Gasteiger partial charge is 0.0784 e. The zero-order chi connectivity index (χ0) is 12.7. The van der Waals surface area contributed by atoms with Crippen molar-refractivity contribution in [2.24, 2.45) is 11.8 Å². The summed E-state index contributed by atoms with van der Waals surface area (Å²) < 4.78 is 11.4. The molecule has 0 aromatic rings. The van der Waals surface area contributed by atoms with E-state index >= 15 is 0 Å². The second kappa shape index (κ2) is 8.04. The molecular weight excluding hydrogens is 204 g/mol. The molecule has 0 saturated heterocycles. The van der Waals surface area contributed by atoms with Gasteiger partial charge in [0.1, 0.15) is 0 Å². The first-order valence-electron chi connectivity index (χ1n) is 6.26. The summed E-state index contributed by atoms with van der Waals surface area (Å²) in [5.41, 5.74) is 0. The molecule has 0 rings (SSSR count). The van der Waals surface area contributed by atoms with E-state index in [1.807, 2.05) is 13.8 Å². The number of ether oxygens (including phenoxy) is 2. The average Bonchev–Trinajstić information content (AvgIpc) is 2.21. The van der Waals surface area contributed by atoms with Crippen LogP contribution in [0.3, 0.4) is 0 Å². The maximum Gasteiger partial charge on any atom is 0.0784 e. The van der Waals surface area contributed by atoms with Gasteiger partial charge in [0.15, 0.2) is 0 Å². The van der Waals surface area contributed by atoms with Crippen LogP contribution in [0.2, 0.25) is 0 Å². The molecule has 2 atom stereocenters. The summed E-state index contributed by atoms with van der Waals surface area (Å²) in [6, 6.07) is 0. The maximum absolute atomic E-state index is 8.84. The van der Waals surface area contributed by atoms with Crippen LogP contribution in [0.15, 0.2) is 0 Å². The summed E-state index contributed by atoms with van der Waals surface area (Å²) in [4.78, 5) is 0. The van der Waals surface area contributed by atoms with Crippen LogP contribution in [0.4, 0.5) is 0 Å². The van der Waals surface area contributed by atoms with Crippen molar-refractivity contribution in [2.45, 2.75) is 59.9 Å². The Morgan fingerprint density at radius 2 is 1.38 bits per heavy atom. The molecule has 0 spiro atoms. The van der Waals surface area contributed by atoms with Crippen LogP contribution in [-0.2, 0) is 9.47 Å². The highest BCUT2D eigenvalue weighted by Crippen LogP contribution is 2.18. The van der Waals surface area contributed by atoms with Crippen LogP contribution >= 0.6 is 0 Å². The van der Waals surface area contributed by atoms with E-state index in [0.29, 0.717) is 18.4 Å². The van der Waals surface area contributed by atoms with Crippen LogP contribution in [-0.4, -0.2) is 36.6 Å². The zero-order valence-corrected chi connectivity index (χ0v) is 11.6. The molecule has 0 fully saturated rings. The lowest BCUT2D eigenvalue weighted by molar-refractivity contribution is -0.0975. The van der Waals surface area contributed by atoms with Gasteiger partial charge < -0.3 is 14.6 Å². The van der Waals surface area contributed by atoms with E-state index in [0.717, 1.165) is 0 Å². The zero-order valence-electron chi connectivity index (χ0n) is 11.6. The second-order valence-electron chi connectivity index (χ2n) is 5.23. The molecule has 0 aromatic carbocycles. The molecule has 0 aromatic heterocycles. The van der Waals surface area contributed by atoms with Crippen LogP contribution < -0.4 is 0 Å². The molecule has 3 heteroatoms. The minimum absolute atomic E-state index is 0.0600. The van der Waals surface area contributed by atoms with Gasteiger partial charge in [-0.3, -0.25) is 0 Å². The minimum Gasteiger partial charge on any atom is -0.394 e. The molecule has 0 aliphatic rings. The Labute approximate surface area is 100 Å². The Balaban J connectivity index is 3.95. The second-order valence-corrected chi connectivity index (χ2v) is 5.23. The van der Waals surface area contributed by atoms with E-state index in [9.17, 15) is 0 Å². The van der Waals surface area contributed by atoms with Crippen molar-refractivity contribution in [2.75, 3.05) is 13.2 Å². The highest BCUT2D eigenvalue weighted by Gasteiger charge is 2.21. The topological polar surface area (TPSA) is 38.7 Å². The van der Waals surface area contributed by atoms with Gasteiger partial charge in [-0.2, -0.15) is 0 Å². The van der Waals surface area contributed by atoms with Gasteiger partial charge in [0.25, 0.3) is 0 Å². The van der Waals surface area contributed by atoms with Gasteiger partial charge in [0.05, 0.1) is 31.5 Å². The summed E-state index contributed by atoms with van der Waals surface area (Å²) >= 11 is 0. The van der Waals surface area contributed by atoms with E-state index < -0.39 is 0 Å². The van der Waals surface area contributed by atoms with E-state index in [1.54, 1.807) is 0 Å². The summed E-state index contributed by atoms with van der Waals surface area (Å²) in [5, 5.41) is 8.84. The van der Waals surface area contributed by atoms with Gasteiger partial charge in [-0.05, 0) is 25.7 Å². The maximum atomic E-state index is 8.84. The summed E-state index contributed by atoms with van der Waals surface area (Å²) in [5.74, 6) is 1.02. The van der Waals surface area contributed by atoms with E-state index in [2.05, 4.69) is 27.7 Å². The summed E-state index contributed by atoms with van der Waals surface area (Å²) in [6.07, 6.45) is 0.231. The molecule has 2 unspecified atom stereocenters. The highest BCUT2D eigenvalue weighted by molar-refractivity contribution is 4.68. The van der Waals surface area contributed by atoms with Crippen molar-refractivity contribution in [3.63, 3.8) is 0 Å². The third kappa shape index (κ3) is 6.46. The monoisotopic (exact) mass is 232 g/mol. The Kier molecular flexibility index (Phi) is 7.98. The predicted molar refractivity (Wildman–Crippen MR) is 66.5 cm³/mol. The first kappa shape index (κ1) is 15.9. The Morgan fingerprint density at radius 3 is 1.75 bits per heavy atom. The van der Waals surface area contributed by atoms with Gasteiger partial charge in [0.2, 0.25) is 0 Å². The molecule has 0 heterocycles. The Bertz CT molecular complexity index is 161. The molecule has 0 aliphatic carbocycles. The number of aliphatic hydroxyl groups is 1. The molecular formula is C13H28O3. The van der Waals surface area contributed by atoms with Gasteiger partial charge in [-0.1, -0.05) is 27.7 Å². The van der Waals surface area contributed by atoms with Crippen LogP contribution in [0.1, 0.15) is 41.5 Å². The predicted octanol–water partition coefficient (Wildman–Crippen LogP) is 2.47. The fraction of sp³-hybridized carbons (Fsp3) is 1.00. The van der Waals surface area contributed by atoms with Crippen LogP contribution in [0.5, 0.6) is 0 Å². The molecule has 1 N–H and O–H groups in total.